The highest BCUT2D eigenvalue weighted by Crippen LogP contribution is 2.21. The van der Waals surface area contributed by atoms with E-state index < -0.39 is 0 Å². The Labute approximate surface area is 117 Å². The summed E-state index contributed by atoms with van der Waals surface area (Å²) >= 11 is 0. The third kappa shape index (κ3) is 2.34. The molecule has 2 aromatic heterocycles. The summed E-state index contributed by atoms with van der Waals surface area (Å²) in [4.78, 5) is 22.6. The number of pyridine rings is 2. The number of nitrogens with zero attached hydrogens (tertiary/aromatic N) is 3. The van der Waals surface area contributed by atoms with Crippen LogP contribution in [0.1, 0.15) is 11.3 Å². The predicted molar refractivity (Wildman–Crippen MR) is 77.2 cm³/mol. The minimum atomic E-state index is -0.0539. The third-order valence-corrected chi connectivity index (χ3v) is 3.42. The van der Waals surface area contributed by atoms with Gasteiger partial charge in [0.25, 0.3) is 0 Å². The maximum atomic E-state index is 12.0. The lowest BCUT2D eigenvalue weighted by atomic mass is 10.0. The molecule has 2 aromatic rings. The first-order valence-corrected chi connectivity index (χ1v) is 6.65. The van der Waals surface area contributed by atoms with Crippen LogP contribution in [0.3, 0.4) is 0 Å². The van der Waals surface area contributed by atoms with E-state index in [4.69, 9.17) is 0 Å². The van der Waals surface area contributed by atoms with E-state index in [1.807, 2.05) is 12.1 Å². The molecule has 0 saturated carbocycles. The molecule has 0 spiro atoms. The van der Waals surface area contributed by atoms with E-state index in [0.717, 1.165) is 28.7 Å². The molecule has 0 aromatic carbocycles. The summed E-state index contributed by atoms with van der Waals surface area (Å²) in [5.74, 6) is 0. The Morgan fingerprint density at radius 3 is 3.30 bits per heavy atom. The summed E-state index contributed by atoms with van der Waals surface area (Å²) in [7, 11) is 0. The molecule has 1 aliphatic rings. The van der Waals surface area contributed by atoms with Crippen molar-refractivity contribution in [3.8, 4) is 0 Å². The first-order valence-electron chi connectivity index (χ1n) is 6.65. The van der Waals surface area contributed by atoms with Crippen LogP contribution in [0, 0.1) is 0 Å². The molecule has 1 N–H and O–H groups in total. The van der Waals surface area contributed by atoms with Gasteiger partial charge in [0.1, 0.15) is 0 Å². The lowest BCUT2D eigenvalue weighted by molar-refractivity contribution is 0.193. The topological polar surface area (TPSA) is 58.1 Å². The standard InChI is InChI=1S/C15H16N4O/c1-2-6-17-15(20)19-8-5-13-12(10-19)9-11-4-3-7-16-14(11)18-13/h2-4,7,9H,1,5-6,8,10H2,(H,17,20). The molecule has 3 rings (SSSR count). The van der Waals surface area contributed by atoms with Gasteiger partial charge >= 0.3 is 6.03 Å². The zero-order chi connectivity index (χ0) is 13.9. The second kappa shape index (κ2) is 5.28. The maximum absolute atomic E-state index is 12.0. The number of amides is 2. The van der Waals surface area contributed by atoms with E-state index in [2.05, 4.69) is 27.9 Å². The van der Waals surface area contributed by atoms with Gasteiger partial charge in [0.05, 0.1) is 0 Å². The van der Waals surface area contributed by atoms with Crippen molar-refractivity contribution < 1.29 is 4.79 Å². The first kappa shape index (κ1) is 12.6. The smallest absolute Gasteiger partial charge is 0.317 e. The minimum Gasteiger partial charge on any atom is -0.335 e. The highest BCUT2D eigenvalue weighted by molar-refractivity contribution is 5.77. The van der Waals surface area contributed by atoms with Gasteiger partial charge < -0.3 is 10.2 Å². The highest BCUT2D eigenvalue weighted by Gasteiger charge is 2.21. The second-order valence-electron chi connectivity index (χ2n) is 4.79. The predicted octanol–water partition coefficient (Wildman–Crippen LogP) is 1.88. The lowest BCUT2D eigenvalue weighted by Crippen LogP contribution is -2.43. The molecular formula is C15H16N4O. The SMILES string of the molecule is C=CCNC(=O)N1CCc2nc3ncccc3cc2C1. The van der Waals surface area contributed by atoms with Crippen LogP contribution in [-0.4, -0.2) is 34.0 Å². The second-order valence-corrected chi connectivity index (χ2v) is 4.79. The molecule has 1 aliphatic heterocycles. The zero-order valence-electron chi connectivity index (χ0n) is 11.2. The van der Waals surface area contributed by atoms with Crippen LogP contribution in [0.4, 0.5) is 4.79 Å². The number of nitrogens with one attached hydrogen (secondary N) is 1. The summed E-state index contributed by atoms with van der Waals surface area (Å²) in [6.07, 6.45) is 4.19. The van der Waals surface area contributed by atoms with E-state index in [1.54, 1.807) is 17.2 Å². The Morgan fingerprint density at radius 2 is 2.45 bits per heavy atom. The van der Waals surface area contributed by atoms with Gasteiger partial charge in [-0.15, -0.1) is 6.58 Å². The minimum absolute atomic E-state index is 0.0539. The molecule has 5 nitrogen and oxygen atoms in total. The number of hydrogen-bond acceptors (Lipinski definition) is 3. The average molecular weight is 268 g/mol. The van der Waals surface area contributed by atoms with Crippen molar-refractivity contribution >= 4 is 17.1 Å². The zero-order valence-corrected chi connectivity index (χ0v) is 11.2. The molecule has 20 heavy (non-hydrogen) atoms. The van der Waals surface area contributed by atoms with E-state index in [-0.39, 0.29) is 6.03 Å². The van der Waals surface area contributed by atoms with Crippen LogP contribution in [0.15, 0.2) is 37.1 Å². The number of rotatable bonds is 2. The van der Waals surface area contributed by atoms with E-state index in [0.29, 0.717) is 19.6 Å². The highest BCUT2D eigenvalue weighted by atomic mass is 16.2. The fourth-order valence-corrected chi connectivity index (χ4v) is 2.41. The maximum Gasteiger partial charge on any atom is 0.317 e. The van der Waals surface area contributed by atoms with Crippen molar-refractivity contribution in [3.63, 3.8) is 0 Å². The van der Waals surface area contributed by atoms with Gasteiger partial charge in [0.2, 0.25) is 0 Å². The number of aromatic nitrogens is 2. The third-order valence-electron chi connectivity index (χ3n) is 3.42. The number of hydrogen-bond donors (Lipinski definition) is 1. The van der Waals surface area contributed by atoms with E-state index >= 15 is 0 Å². The molecule has 0 fully saturated rings. The van der Waals surface area contributed by atoms with Crippen LogP contribution in [0.5, 0.6) is 0 Å². The molecule has 0 atom stereocenters. The summed E-state index contributed by atoms with van der Waals surface area (Å²) in [6.45, 7) is 5.36. The van der Waals surface area contributed by atoms with Crippen molar-refractivity contribution in [2.45, 2.75) is 13.0 Å². The first-order chi connectivity index (χ1) is 9.78. The molecule has 102 valence electrons. The van der Waals surface area contributed by atoms with Crippen LogP contribution in [0.25, 0.3) is 11.0 Å². The average Bonchev–Trinajstić information content (AvgIpc) is 2.50. The van der Waals surface area contributed by atoms with Gasteiger partial charge in [-0.25, -0.2) is 14.8 Å². The largest absolute Gasteiger partial charge is 0.335 e. The fraction of sp³-hybridized carbons (Fsp3) is 0.267. The molecule has 0 saturated heterocycles. The number of carbonyl (C=O) groups excluding carboxylic acids is 1. The lowest BCUT2D eigenvalue weighted by Gasteiger charge is -2.28. The van der Waals surface area contributed by atoms with Crippen LogP contribution in [-0.2, 0) is 13.0 Å². The Morgan fingerprint density at radius 1 is 1.55 bits per heavy atom. The van der Waals surface area contributed by atoms with Gasteiger partial charge in [-0.2, -0.15) is 0 Å². The Bertz CT molecular complexity index is 668. The van der Waals surface area contributed by atoms with Crippen molar-refractivity contribution in [1.82, 2.24) is 20.2 Å². The van der Waals surface area contributed by atoms with Gasteiger partial charge in [-0.1, -0.05) is 6.08 Å². The van der Waals surface area contributed by atoms with Crippen LogP contribution in [0.2, 0.25) is 0 Å². The van der Waals surface area contributed by atoms with E-state index in [9.17, 15) is 4.79 Å². The van der Waals surface area contributed by atoms with Gasteiger partial charge in [-0.05, 0) is 23.8 Å². The number of carbonyl (C=O) groups is 1. The van der Waals surface area contributed by atoms with Crippen molar-refractivity contribution in [3.05, 3.63) is 48.3 Å². The number of fused-ring (bicyclic) bond motifs is 2. The van der Waals surface area contributed by atoms with Gasteiger partial charge in [-0.3, -0.25) is 0 Å². The van der Waals surface area contributed by atoms with Crippen molar-refractivity contribution in [2.75, 3.05) is 13.1 Å². The van der Waals surface area contributed by atoms with Crippen LogP contribution >= 0.6 is 0 Å². The van der Waals surface area contributed by atoms with Gasteiger partial charge in [0, 0.05) is 43.3 Å². The Kier molecular flexibility index (Phi) is 3.33. The molecule has 3 heterocycles. The number of urea groups is 1. The van der Waals surface area contributed by atoms with Crippen molar-refractivity contribution in [2.24, 2.45) is 0 Å². The normalized spacial score (nSPS) is 13.9. The molecule has 0 aliphatic carbocycles. The van der Waals surface area contributed by atoms with Crippen molar-refractivity contribution in [1.29, 1.82) is 0 Å². The molecule has 0 bridgehead atoms. The molecule has 2 amide bonds. The fourth-order valence-electron chi connectivity index (χ4n) is 2.41. The summed E-state index contributed by atoms with van der Waals surface area (Å²) in [5, 5.41) is 3.82. The quantitative estimate of drug-likeness (QED) is 0.846. The van der Waals surface area contributed by atoms with Gasteiger partial charge in [0.15, 0.2) is 5.65 Å². The van der Waals surface area contributed by atoms with E-state index in [1.165, 1.54) is 0 Å². The summed E-state index contributed by atoms with van der Waals surface area (Å²) in [6, 6.07) is 5.92. The Balaban J connectivity index is 1.85. The molecule has 0 radical (unpaired) electrons. The monoisotopic (exact) mass is 268 g/mol. The van der Waals surface area contributed by atoms with Crippen LogP contribution < -0.4 is 5.32 Å². The Hall–Kier alpha value is -2.43. The molecule has 5 heteroatoms. The molecule has 0 unspecified atom stereocenters. The summed E-state index contributed by atoms with van der Waals surface area (Å²) < 4.78 is 0. The molecular weight excluding hydrogens is 252 g/mol. The summed E-state index contributed by atoms with van der Waals surface area (Å²) in [5.41, 5.74) is 2.92.